The maximum atomic E-state index is 13.9. The minimum absolute atomic E-state index is 0.0157. The van der Waals surface area contributed by atoms with Crippen molar-refractivity contribution in [1.29, 1.82) is 0 Å². The second kappa shape index (κ2) is 10.8. The lowest BCUT2D eigenvalue weighted by molar-refractivity contribution is -0.127. The molecule has 4 aliphatic rings. The zero-order valence-electron chi connectivity index (χ0n) is 24.6. The van der Waals surface area contributed by atoms with Gasteiger partial charge in [-0.1, -0.05) is 48.5 Å². The Morgan fingerprint density at radius 1 is 0.841 bits per heavy atom. The molecule has 44 heavy (non-hydrogen) atoms. The number of rotatable bonds is 6. The van der Waals surface area contributed by atoms with Crippen LogP contribution in [0.25, 0.3) is 0 Å². The number of amides is 2. The predicted octanol–water partition coefficient (Wildman–Crippen LogP) is 5.50. The molecule has 1 N–H and O–H groups in total. The topological polar surface area (TPSA) is 99.7 Å². The van der Waals surface area contributed by atoms with E-state index in [-0.39, 0.29) is 29.2 Å². The number of thiazole rings is 1. The molecule has 1 atom stereocenters. The van der Waals surface area contributed by atoms with Crippen LogP contribution in [0.4, 0.5) is 10.8 Å². The summed E-state index contributed by atoms with van der Waals surface area (Å²) in [6.45, 7) is 5.50. The Morgan fingerprint density at radius 3 is 2.02 bits per heavy atom. The maximum absolute atomic E-state index is 13.9. The van der Waals surface area contributed by atoms with E-state index in [1.165, 1.54) is 29.2 Å². The van der Waals surface area contributed by atoms with Crippen LogP contribution in [0.3, 0.4) is 0 Å². The number of nitrogens with one attached hydrogen (secondary N) is 1. The summed E-state index contributed by atoms with van der Waals surface area (Å²) in [6.07, 6.45) is 0.681. The van der Waals surface area contributed by atoms with E-state index in [0.29, 0.717) is 43.3 Å². The Hall–Kier alpha value is -4.63. The van der Waals surface area contributed by atoms with Crippen LogP contribution < -0.4 is 10.2 Å². The summed E-state index contributed by atoms with van der Waals surface area (Å²) in [5, 5.41) is 4.85. The largest absolute Gasteiger partial charge is 0.368 e. The molecule has 4 aromatic rings. The monoisotopic (exact) mass is 604 g/mol. The number of Topliss-reactive ketones (excluding diaryl/α,β-unsaturated/α-hetero) is 2. The molecule has 3 aliphatic carbocycles. The van der Waals surface area contributed by atoms with E-state index in [0.717, 1.165) is 17.0 Å². The van der Waals surface area contributed by atoms with Crippen LogP contribution in [0.2, 0.25) is 0 Å². The van der Waals surface area contributed by atoms with E-state index in [2.05, 4.69) is 51.6 Å². The molecule has 3 aromatic carbocycles. The number of hydrogen-bond donors (Lipinski definition) is 1. The Labute approximate surface area is 259 Å². The number of fused-ring (bicyclic) bond motifs is 1. The first kappa shape index (κ1) is 28.2. The van der Waals surface area contributed by atoms with E-state index >= 15 is 0 Å². The molecule has 2 heterocycles. The van der Waals surface area contributed by atoms with E-state index in [1.54, 1.807) is 22.4 Å². The van der Waals surface area contributed by atoms with Crippen molar-refractivity contribution >= 4 is 45.5 Å². The first-order chi connectivity index (χ1) is 21.2. The van der Waals surface area contributed by atoms with Gasteiger partial charge in [-0.25, -0.2) is 4.98 Å². The molecule has 0 radical (unpaired) electrons. The van der Waals surface area contributed by atoms with Crippen molar-refractivity contribution in [2.45, 2.75) is 32.1 Å². The zero-order valence-corrected chi connectivity index (χ0v) is 25.4. The van der Waals surface area contributed by atoms with Crippen LogP contribution >= 0.6 is 11.3 Å². The van der Waals surface area contributed by atoms with Gasteiger partial charge in [0.15, 0.2) is 10.9 Å². The summed E-state index contributed by atoms with van der Waals surface area (Å²) >= 11 is 1.16. The van der Waals surface area contributed by atoms with Gasteiger partial charge in [-0.15, -0.1) is 11.3 Å². The molecule has 9 heteroatoms. The van der Waals surface area contributed by atoms with E-state index < -0.39 is 17.1 Å². The number of benzene rings is 3. The van der Waals surface area contributed by atoms with E-state index in [4.69, 9.17) is 0 Å². The van der Waals surface area contributed by atoms with Gasteiger partial charge in [0.05, 0.1) is 5.41 Å². The molecule has 1 aromatic heterocycles. The number of carbonyl (C=O) groups excluding carboxylic acids is 4. The molecule has 0 spiro atoms. The van der Waals surface area contributed by atoms with E-state index in [9.17, 15) is 19.2 Å². The fourth-order valence-electron chi connectivity index (χ4n) is 7.19. The normalized spacial score (nSPS) is 21.8. The van der Waals surface area contributed by atoms with Crippen LogP contribution in [0.5, 0.6) is 0 Å². The summed E-state index contributed by atoms with van der Waals surface area (Å²) < 4.78 is 0. The number of carbonyl (C=O) groups is 4. The van der Waals surface area contributed by atoms with Gasteiger partial charge in [0, 0.05) is 54.6 Å². The third-order valence-electron chi connectivity index (χ3n) is 9.51. The molecule has 2 bridgehead atoms. The second-order valence-electron chi connectivity index (χ2n) is 12.1. The summed E-state index contributed by atoms with van der Waals surface area (Å²) in [5.41, 5.74) is 5.92. The minimum Gasteiger partial charge on any atom is -0.368 e. The highest BCUT2D eigenvalue weighted by Crippen LogP contribution is 2.61. The standard InChI is InChI=1S/C35H32N4O4S/c1-21(40)22-11-13-23(14-12-22)38-15-17-39(18-16-38)32(42)31(41)29-20-44-34(36-29)37-33(43)35(2)19-28-24-7-3-5-9-26(24)30(35)27-10-6-4-8-25(27)28/h3-14,20,28,30H,15-19H2,1-2H3,(H,36,37,43). The van der Waals surface area contributed by atoms with Crippen molar-refractivity contribution in [3.8, 4) is 0 Å². The molecule has 1 aliphatic heterocycles. The Morgan fingerprint density at radius 2 is 1.43 bits per heavy atom. The smallest absolute Gasteiger partial charge is 0.296 e. The Bertz CT molecular complexity index is 1760. The Balaban J connectivity index is 1.02. The number of anilines is 2. The van der Waals surface area contributed by atoms with Gasteiger partial charge in [-0.2, -0.15) is 0 Å². The highest BCUT2D eigenvalue weighted by molar-refractivity contribution is 7.14. The molecular weight excluding hydrogens is 572 g/mol. The minimum atomic E-state index is -0.703. The summed E-state index contributed by atoms with van der Waals surface area (Å²) in [7, 11) is 0. The first-order valence-electron chi connectivity index (χ1n) is 14.9. The molecule has 1 unspecified atom stereocenters. The molecule has 1 fully saturated rings. The highest BCUT2D eigenvalue weighted by atomic mass is 32.1. The van der Waals surface area contributed by atoms with Gasteiger partial charge in [0.25, 0.3) is 11.7 Å². The average molecular weight is 605 g/mol. The van der Waals surface area contributed by atoms with Crippen LogP contribution in [-0.4, -0.2) is 59.4 Å². The number of ketones is 2. The summed E-state index contributed by atoms with van der Waals surface area (Å²) in [5.74, 6) is -1.34. The number of nitrogens with zero attached hydrogens (tertiary/aromatic N) is 3. The lowest BCUT2D eigenvalue weighted by Crippen LogP contribution is -2.50. The van der Waals surface area contributed by atoms with Gasteiger partial charge in [0.2, 0.25) is 5.91 Å². The molecule has 8 nitrogen and oxygen atoms in total. The van der Waals surface area contributed by atoms with Crippen molar-refractivity contribution < 1.29 is 19.2 Å². The molecule has 222 valence electrons. The first-order valence-corrected chi connectivity index (χ1v) is 15.8. The second-order valence-corrected chi connectivity index (χ2v) is 12.9. The third-order valence-corrected chi connectivity index (χ3v) is 10.3. The fraction of sp³-hybridized carbons (Fsp3) is 0.286. The van der Waals surface area contributed by atoms with E-state index in [1.807, 2.05) is 31.2 Å². The van der Waals surface area contributed by atoms with Crippen molar-refractivity contribution in [3.05, 3.63) is 112 Å². The molecular formula is C35H32N4O4S. The van der Waals surface area contributed by atoms with Crippen LogP contribution in [0.15, 0.2) is 78.2 Å². The lowest BCUT2D eigenvalue weighted by atomic mass is 9.52. The summed E-state index contributed by atoms with van der Waals surface area (Å²) in [6, 6.07) is 24.2. The van der Waals surface area contributed by atoms with Gasteiger partial charge in [0.1, 0.15) is 5.69 Å². The predicted molar refractivity (Wildman–Crippen MR) is 170 cm³/mol. The molecule has 8 rings (SSSR count). The van der Waals surface area contributed by atoms with Gasteiger partial charge in [-0.05, 0) is 66.8 Å². The van der Waals surface area contributed by atoms with Crippen molar-refractivity contribution in [3.63, 3.8) is 0 Å². The van der Waals surface area contributed by atoms with Crippen molar-refractivity contribution in [1.82, 2.24) is 9.88 Å². The quantitative estimate of drug-likeness (QED) is 0.230. The SMILES string of the molecule is CC(=O)c1ccc(N2CCN(C(=O)C(=O)c3csc(NC(=O)C4(C)CC5c6ccccc6C4c4ccccc45)n3)CC2)cc1. The lowest BCUT2D eigenvalue weighted by Gasteiger charge is -2.50. The fourth-order valence-corrected chi connectivity index (χ4v) is 7.88. The van der Waals surface area contributed by atoms with Gasteiger partial charge in [-0.3, -0.25) is 19.2 Å². The van der Waals surface area contributed by atoms with Gasteiger partial charge < -0.3 is 15.1 Å². The van der Waals surface area contributed by atoms with Gasteiger partial charge >= 0.3 is 0 Å². The maximum Gasteiger partial charge on any atom is 0.296 e. The molecule has 0 saturated carbocycles. The number of aromatic nitrogens is 1. The van der Waals surface area contributed by atoms with Crippen molar-refractivity contribution in [2.24, 2.45) is 5.41 Å². The number of piperazine rings is 1. The highest BCUT2D eigenvalue weighted by Gasteiger charge is 2.54. The average Bonchev–Trinajstić information content (AvgIpc) is 3.52. The zero-order chi connectivity index (χ0) is 30.6. The molecule has 1 saturated heterocycles. The summed E-state index contributed by atoms with van der Waals surface area (Å²) in [4.78, 5) is 59.8. The van der Waals surface area contributed by atoms with Crippen LogP contribution in [0.1, 0.15) is 75.2 Å². The molecule has 2 amide bonds. The Kier molecular flexibility index (Phi) is 6.93. The van der Waals surface area contributed by atoms with Crippen LogP contribution in [0, 0.1) is 5.41 Å². The van der Waals surface area contributed by atoms with Crippen LogP contribution in [-0.2, 0) is 9.59 Å². The van der Waals surface area contributed by atoms with Crippen molar-refractivity contribution in [2.75, 3.05) is 36.4 Å². The third kappa shape index (κ3) is 4.63. The number of hydrogen-bond acceptors (Lipinski definition) is 7.